The molecule has 5 heteroatoms. The summed E-state index contributed by atoms with van der Waals surface area (Å²) in [6.45, 7) is 10.6. The lowest BCUT2D eigenvalue weighted by Crippen LogP contribution is -2.10. The molecule has 0 saturated heterocycles. The molecule has 0 atom stereocenters. The molecular weight excluding hydrogens is 380 g/mol. The number of ketones is 1. The average Bonchev–Trinajstić information content (AvgIpc) is 2.69. The van der Waals surface area contributed by atoms with Gasteiger partial charge in [-0.2, -0.15) is 0 Å². The average molecular weight is 415 g/mol. The fourth-order valence-electron chi connectivity index (χ4n) is 3.27. The van der Waals surface area contributed by atoms with Gasteiger partial charge in [-0.25, -0.2) is 0 Å². The van der Waals surface area contributed by atoms with Crippen molar-refractivity contribution >= 4 is 5.78 Å². The predicted molar refractivity (Wildman–Crippen MR) is 119 cm³/mol. The first kappa shape index (κ1) is 23.6. The third kappa shape index (κ3) is 6.41. The Morgan fingerprint density at radius 1 is 1.03 bits per heavy atom. The maximum atomic E-state index is 11.6. The summed E-state index contributed by atoms with van der Waals surface area (Å²) < 4.78 is 17.8. The quantitative estimate of drug-likeness (QED) is 0.354. The number of aromatic hydroxyl groups is 1. The molecule has 5 nitrogen and oxygen atoms in total. The maximum absolute atomic E-state index is 11.6. The normalized spacial score (nSPS) is 10.9. The van der Waals surface area contributed by atoms with Crippen LogP contribution in [0.2, 0.25) is 0 Å². The second kappa shape index (κ2) is 11.5. The van der Waals surface area contributed by atoms with E-state index in [9.17, 15) is 9.90 Å². The van der Waals surface area contributed by atoms with Crippen molar-refractivity contribution in [2.75, 3.05) is 13.2 Å². The first-order valence-electron chi connectivity index (χ1n) is 10.8. The molecule has 0 aliphatic heterocycles. The number of phenolic OH excluding ortho intramolecular Hbond substituents is 1. The second-order valence-corrected chi connectivity index (χ2v) is 7.59. The van der Waals surface area contributed by atoms with Crippen LogP contribution in [-0.2, 0) is 12.8 Å². The minimum absolute atomic E-state index is 0.0443. The largest absolute Gasteiger partial charge is 0.507 e. The molecule has 0 aliphatic rings. The molecule has 0 heterocycles. The molecule has 0 aromatic heterocycles. The molecule has 0 unspecified atom stereocenters. The van der Waals surface area contributed by atoms with Gasteiger partial charge in [-0.15, -0.1) is 0 Å². The molecular formula is C25H34O5. The van der Waals surface area contributed by atoms with E-state index in [2.05, 4.69) is 6.92 Å². The summed E-state index contributed by atoms with van der Waals surface area (Å²) in [6, 6.07) is 9.16. The van der Waals surface area contributed by atoms with Gasteiger partial charge in [0.05, 0.1) is 24.9 Å². The molecule has 1 N–H and O–H groups in total. The smallest absolute Gasteiger partial charge is 0.163 e. The molecule has 0 amide bonds. The van der Waals surface area contributed by atoms with Crippen LogP contribution < -0.4 is 14.2 Å². The Morgan fingerprint density at radius 2 is 1.70 bits per heavy atom. The van der Waals surface area contributed by atoms with Crippen molar-refractivity contribution in [3.05, 3.63) is 47.0 Å². The third-order valence-electron chi connectivity index (χ3n) is 4.70. The molecule has 0 aliphatic carbocycles. The highest BCUT2D eigenvalue weighted by Crippen LogP contribution is 2.31. The first-order valence-corrected chi connectivity index (χ1v) is 10.8. The van der Waals surface area contributed by atoms with E-state index in [1.807, 2.05) is 39.0 Å². The summed E-state index contributed by atoms with van der Waals surface area (Å²) in [7, 11) is 0. The topological polar surface area (TPSA) is 65.0 Å². The SMILES string of the molecule is CCCc1c(OCCCOc2cc(O)c(C(C)=O)cc2CC)cccc1OC(C)C. The van der Waals surface area contributed by atoms with Gasteiger partial charge in [0.1, 0.15) is 23.0 Å². The van der Waals surface area contributed by atoms with Crippen molar-refractivity contribution in [2.45, 2.75) is 66.4 Å². The molecule has 0 radical (unpaired) electrons. The van der Waals surface area contributed by atoms with E-state index in [1.54, 1.807) is 6.07 Å². The van der Waals surface area contributed by atoms with E-state index in [0.29, 0.717) is 30.9 Å². The number of ether oxygens (including phenoxy) is 3. The summed E-state index contributed by atoms with van der Waals surface area (Å²) in [5.74, 6) is 2.15. The summed E-state index contributed by atoms with van der Waals surface area (Å²) >= 11 is 0. The minimum Gasteiger partial charge on any atom is -0.507 e. The molecule has 30 heavy (non-hydrogen) atoms. The van der Waals surface area contributed by atoms with Gasteiger partial charge in [0.15, 0.2) is 5.78 Å². The highest BCUT2D eigenvalue weighted by atomic mass is 16.5. The Balaban J connectivity index is 1.96. The number of carbonyl (C=O) groups excluding carboxylic acids is 1. The molecule has 0 spiro atoms. The van der Waals surface area contributed by atoms with Gasteiger partial charge in [0.25, 0.3) is 0 Å². The van der Waals surface area contributed by atoms with Crippen LogP contribution in [0.1, 0.15) is 68.9 Å². The van der Waals surface area contributed by atoms with Gasteiger partial charge in [-0.1, -0.05) is 26.3 Å². The van der Waals surface area contributed by atoms with Gasteiger partial charge in [-0.05, 0) is 57.4 Å². The van der Waals surface area contributed by atoms with Crippen LogP contribution in [0.3, 0.4) is 0 Å². The fraction of sp³-hybridized carbons (Fsp3) is 0.480. The van der Waals surface area contributed by atoms with Crippen LogP contribution in [0, 0.1) is 0 Å². The zero-order valence-corrected chi connectivity index (χ0v) is 18.8. The molecule has 2 rings (SSSR count). The highest BCUT2D eigenvalue weighted by molar-refractivity contribution is 5.97. The van der Waals surface area contributed by atoms with Crippen molar-refractivity contribution in [3.8, 4) is 23.0 Å². The van der Waals surface area contributed by atoms with Gasteiger partial charge in [0, 0.05) is 18.1 Å². The highest BCUT2D eigenvalue weighted by Gasteiger charge is 2.13. The van der Waals surface area contributed by atoms with Gasteiger partial charge in [0.2, 0.25) is 0 Å². The molecule has 2 aromatic carbocycles. The van der Waals surface area contributed by atoms with Crippen LogP contribution >= 0.6 is 0 Å². The van der Waals surface area contributed by atoms with Gasteiger partial charge < -0.3 is 19.3 Å². The van der Waals surface area contributed by atoms with Crippen LogP contribution in [-0.4, -0.2) is 30.2 Å². The number of hydrogen-bond donors (Lipinski definition) is 1. The summed E-state index contributed by atoms with van der Waals surface area (Å²) in [4.78, 5) is 11.6. The van der Waals surface area contributed by atoms with E-state index in [4.69, 9.17) is 14.2 Å². The Labute approximate surface area is 180 Å². The van der Waals surface area contributed by atoms with Crippen LogP contribution in [0.15, 0.2) is 30.3 Å². The predicted octanol–water partition coefficient (Wildman–Crippen LogP) is 5.74. The number of phenols is 1. The lowest BCUT2D eigenvalue weighted by atomic mass is 10.0. The number of benzene rings is 2. The number of hydrogen-bond acceptors (Lipinski definition) is 5. The zero-order valence-electron chi connectivity index (χ0n) is 18.8. The van der Waals surface area contributed by atoms with E-state index in [-0.39, 0.29) is 17.6 Å². The van der Waals surface area contributed by atoms with Crippen molar-refractivity contribution in [1.82, 2.24) is 0 Å². The molecule has 0 saturated carbocycles. The van der Waals surface area contributed by atoms with Gasteiger partial charge >= 0.3 is 0 Å². The van der Waals surface area contributed by atoms with Crippen LogP contribution in [0.4, 0.5) is 0 Å². The molecule has 2 aromatic rings. The Hall–Kier alpha value is -2.69. The van der Waals surface area contributed by atoms with E-state index in [1.165, 1.54) is 13.0 Å². The molecule has 0 fully saturated rings. The van der Waals surface area contributed by atoms with Crippen molar-refractivity contribution in [3.63, 3.8) is 0 Å². The zero-order chi connectivity index (χ0) is 22.1. The summed E-state index contributed by atoms with van der Waals surface area (Å²) in [5, 5.41) is 10.1. The van der Waals surface area contributed by atoms with Crippen molar-refractivity contribution in [2.24, 2.45) is 0 Å². The van der Waals surface area contributed by atoms with E-state index in [0.717, 1.165) is 41.9 Å². The Bertz CT molecular complexity index is 842. The third-order valence-corrected chi connectivity index (χ3v) is 4.70. The number of Topliss-reactive ketones (excluding diaryl/α,β-unsaturated/α-hetero) is 1. The maximum Gasteiger partial charge on any atom is 0.163 e. The van der Waals surface area contributed by atoms with Crippen LogP contribution in [0.25, 0.3) is 0 Å². The second-order valence-electron chi connectivity index (χ2n) is 7.59. The molecule has 164 valence electrons. The Kier molecular flexibility index (Phi) is 9.03. The minimum atomic E-state index is -0.159. The summed E-state index contributed by atoms with van der Waals surface area (Å²) in [5.41, 5.74) is 2.34. The lowest BCUT2D eigenvalue weighted by Gasteiger charge is -2.18. The van der Waals surface area contributed by atoms with E-state index >= 15 is 0 Å². The first-order chi connectivity index (χ1) is 14.4. The lowest BCUT2D eigenvalue weighted by molar-refractivity contribution is 0.101. The van der Waals surface area contributed by atoms with E-state index < -0.39 is 0 Å². The molecule has 0 bridgehead atoms. The van der Waals surface area contributed by atoms with Crippen molar-refractivity contribution < 1.29 is 24.1 Å². The monoisotopic (exact) mass is 414 g/mol. The fourth-order valence-corrected chi connectivity index (χ4v) is 3.27. The number of rotatable bonds is 12. The number of aryl methyl sites for hydroxylation is 1. The van der Waals surface area contributed by atoms with Gasteiger partial charge in [-0.3, -0.25) is 4.79 Å². The number of carbonyl (C=O) groups is 1. The van der Waals surface area contributed by atoms with Crippen LogP contribution in [0.5, 0.6) is 23.0 Å². The van der Waals surface area contributed by atoms with Crippen molar-refractivity contribution in [1.29, 1.82) is 0 Å². The summed E-state index contributed by atoms with van der Waals surface area (Å²) in [6.07, 6.45) is 3.44. The standard InChI is InChI=1S/C25H34O5/c1-6-10-20-23(11-8-12-24(20)30-17(3)4)28-13-9-14-29-25-16-22(27)21(18(5)26)15-19(25)7-2/h8,11-12,15-17,27H,6-7,9-10,13-14H2,1-5H3. The Morgan fingerprint density at radius 3 is 2.30 bits per heavy atom.